The summed E-state index contributed by atoms with van der Waals surface area (Å²) in [6.45, 7) is -1.48. The predicted molar refractivity (Wildman–Crippen MR) is 41.8 cm³/mol. The molecule has 0 fully saturated rings. The van der Waals surface area contributed by atoms with E-state index < -0.39 is 29.7 Å². The third-order valence-electron chi connectivity index (χ3n) is 1.39. The van der Waals surface area contributed by atoms with Gasteiger partial charge in [0.1, 0.15) is 12.2 Å². The lowest BCUT2D eigenvalue weighted by Crippen LogP contribution is -2.34. The Morgan fingerprint density at radius 2 is 2.00 bits per heavy atom. The standard InChI is InChI=1S/C6H6F3N3O2/c7-6(8,9)2-12-1-3(10)4(13)11-5(12)14/h1H,2,10H2,(H,11,13,14). The molecule has 0 aliphatic rings. The Kier molecular flexibility index (Phi) is 2.37. The van der Waals surface area contributed by atoms with Crippen LogP contribution in [0.1, 0.15) is 0 Å². The highest BCUT2D eigenvalue weighted by Crippen LogP contribution is 2.15. The fraction of sp³-hybridized carbons (Fsp3) is 0.333. The third-order valence-corrected chi connectivity index (χ3v) is 1.39. The first kappa shape index (κ1) is 10.4. The number of aromatic nitrogens is 2. The van der Waals surface area contributed by atoms with E-state index in [0.717, 1.165) is 0 Å². The number of nitrogen functional groups attached to an aromatic ring is 1. The summed E-state index contributed by atoms with van der Waals surface area (Å²) in [5.74, 6) is 0. The van der Waals surface area contributed by atoms with Crippen molar-refractivity contribution in [3.63, 3.8) is 0 Å². The molecule has 14 heavy (non-hydrogen) atoms. The van der Waals surface area contributed by atoms with E-state index in [4.69, 9.17) is 5.73 Å². The Bertz CT molecular complexity index is 445. The van der Waals surface area contributed by atoms with Gasteiger partial charge in [-0.2, -0.15) is 13.2 Å². The maximum absolute atomic E-state index is 11.9. The van der Waals surface area contributed by atoms with Crippen molar-refractivity contribution in [3.05, 3.63) is 27.0 Å². The molecule has 0 spiro atoms. The van der Waals surface area contributed by atoms with Crippen LogP contribution in [0.2, 0.25) is 0 Å². The van der Waals surface area contributed by atoms with Gasteiger partial charge in [-0.25, -0.2) is 4.79 Å². The molecule has 0 atom stereocenters. The molecular weight excluding hydrogens is 203 g/mol. The van der Waals surface area contributed by atoms with Crippen molar-refractivity contribution in [2.75, 3.05) is 5.73 Å². The number of halogens is 3. The van der Waals surface area contributed by atoms with Crippen LogP contribution in [0.5, 0.6) is 0 Å². The van der Waals surface area contributed by atoms with Gasteiger partial charge in [0, 0.05) is 6.20 Å². The highest BCUT2D eigenvalue weighted by molar-refractivity contribution is 5.30. The van der Waals surface area contributed by atoms with E-state index in [-0.39, 0.29) is 4.57 Å². The number of alkyl halides is 3. The smallest absolute Gasteiger partial charge is 0.393 e. The minimum atomic E-state index is -4.53. The second-order valence-electron chi connectivity index (χ2n) is 2.59. The van der Waals surface area contributed by atoms with Crippen LogP contribution >= 0.6 is 0 Å². The summed E-state index contributed by atoms with van der Waals surface area (Å²) < 4.78 is 35.9. The maximum Gasteiger partial charge on any atom is 0.406 e. The molecule has 0 saturated heterocycles. The van der Waals surface area contributed by atoms with Gasteiger partial charge in [0.15, 0.2) is 0 Å². The molecule has 0 aliphatic heterocycles. The molecule has 3 N–H and O–H groups in total. The zero-order valence-corrected chi connectivity index (χ0v) is 6.76. The number of hydrogen-bond donors (Lipinski definition) is 2. The van der Waals surface area contributed by atoms with Crippen LogP contribution in [0, 0.1) is 0 Å². The van der Waals surface area contributed by atoms with Gasteiger partial charge in [-0.1, -0.05) is 0 Å². The summed E-state index contributed by atoms with van der Waals surface area (Å²) in [5.41, 5.74) is 2.57. The van der Waals surface area contributed by atoms with E-state index >= 15 is 0 Å². The van der Waals surface area contributed by atoms with Gasteiger partial charge < -0.3 is 5.73 Å². The second-order valence-corrected chi connectivity index (χ2v) is 2.59. The molecule has 0 aliphatic carbocycles. The number of hydrogen-bond acceptors (Lipinski definition) is 3. The molecule has 0 radical (unpaired) electrons. The van der Waals surface area contributed by atoms with Gasteiger partial charge in [0.05, 0.1) is 0 Å². The van der Waals surface area contributed by atoms with Gasteiger partial charge in [-0.3, -0.25) is 14.3 Å². The van der Waals surface area contributed by atoms with Crippen LogP contribution in [-0.4, -0.2) is 15.7 Å². The van der Waals surface area contributed by atoms with Crippen LogP contribution in [0.3, 0.4) is 0 Å². The van der Waals surface area contributed by atoms with Crippen LogP contribution in [0.15, 0.2) is 15.8 Å². The van der Waals surface area contributed by atoms with E-state index in [0.29, 0.717) is 6.20 Å². The fourth-order valence-corrected chi connectivity index (χ4v) is 0.837. The van der Waals surface area contributed by atoms with Crippen molar-refractivity contribution < 1.29 is 13.2 Å². The van der Waals surface area contributed by atoms with Gasteiger partial charge in [-0.15, -0.1) is 0 Å². The number of aromatic amines is 1. The zero-order valence-electron chi connectivity index (χ0n) is 6.76. The summed E-state index contributed by atoms with van der Waals surface area (Å²) in [4.78, 5) is 23.2. The van der Waals surface area contributed by atoms with Crippen molar-refractivity contribution in [1.29, 1.82) is 0 Å². The minimum Gasteiger partial charge on any atom is -0.393 e. The molecule has 1 rings (SSSR count). The van der Waals surface area contributed by atoms with Crippen LogP contribution in [0.4, 0.5) is 18.9 Å². The van der Waals surface area contributed by atoms with Crippen molar-refractivity contribution >= 4 is 5.69 Å². The van der Waals surface area contributed by atoms with E-state index in [2.05, 4.69) is 0 Å². The molecule has 5 nitrogen and oxygen atoms in total. The number of H-pyrrole nitrogens is 1. The highest BCUT2D eigenvalue weighted by Gasteiger charge is 2.28. The molecule has 1 heterocycles. The molecule has 1 aromatic rings. The number of nitrogens with two attached hydrogens (primary N) is 1. The van der Waals surface area contributed by atoms with Gasteiger partial charge in [0.25, 0.3) is 5.56 Å². The Balaban J connectivity index is 3.18. The Labute approximate surface area is 75.0 Å². The SMILES string of the molecule is Nc1cn(CC(F)(F)F)c(=O)[nH]c1=O. The van der Waals surface area contributed by atoms with Gasteiger partial charge >= 0.3 is 11.9 Å². The number of nitrogens with one attached hydrogen (secondary N) is 1. The molecule has 0 saturated carbocycles. The summed E-state index contributed by atoms with van der Waals surface area (Å²) in [6.07, 6.45) is -3.87. The van der Waals surface area contributed by atoms with E-state index in [1.165, 1.54) is 0 Å². The summed E-state index contributed by atoms with van der Waals surface area (Å²) in [5, 5.41) is 0. The zero-order chi connectivity index (χ0) is 10.9. The molecule has 78 valence electrons. The first-order chi connectivity index (χ1) is 6.29. The molecule has 0 bridgehead atoms. The van der Waals surface area contributed by atoms with Crippen LogP contribution < -0.4 is 17.0 Å². The molecule has 0 aromatic carbocycles. The lowest BCUT2D eigenvalue weighted by molar-refractivity contribution is -0.141. The second kappa shape index (κ2) is 3.20. The van der Waals surface area contributed by atoms with Crippen molar-refractivity contribution in [1.82, 2.24) is 9.55 Å². The largest absolute Gasteiger partial charge is 0.406 e. The fourth-order valence-electron chi connectivity index (χ4n) is 0.837. The highest BCUT2D eigenvalue weighted by atomic mass is 19.4. The predicted octanol–water partition coefficient (Wildman–Crippen LogP) is -0.319. The number of nitrogens with zero attached hydrogens (tertiary/aromatic N) is 1. The summed E-state index contributed by atoms with van der Waals surface area (Å²) in [7, 11) is 0. The van der Waals surface area contributed by atoms with E-state index in [1.54, 1.807) is 4.98 Å². The minimum absolute atomic E-state index is 0.288. The van der Waals surface area contributed by atoms with E-state index in [9.17, 15) is 22.8 Å². The van der Waals surface area contributed by atoms with Gasteiger partial charge in [-0.05, 0) is 0 Å². The lowest BCUT2D eigenvalue weighted by atomic mass is 10.5. The normalized spacial score (nSPS) is 11.6. The summed E-state index contributed by atoms with van der Waals surface area (Å²) >= 11 is 0. The molecule has 8 heteroatoms. The topological polar surface area (TPSA) is 80.9 Å². The van der Waals surface area contributed by atoms with Crippen molar-refractivity contribution in [2.45, 2.75) is 12.7 Å². The molecular formula is C6H6F3N3O2. The lowest BCUT2D eigenvalue weighted by Gasteiger charge is -2.08. The Morgan fingerprint density at radius 1 is 1.43 bits per heavy atom. The van der Waals surface area contributed by atoms with Crippen LogP contribution in [0.25, 0.3) is 0 Å². The molecule has 0 unspecified atom stereocenters. The summed E-state index contributed by atoms with van der Waals surface area (Å²) in [6, 6.07) is 0. The van der Waals surface area contributed by atoms with Crippen molar-refractivity contribution in [3.8, 4) is 0 Å². The third kappa shape index (κ3) is 2.38. The Hall–Kier alpha value is -1.73. The van der Waals surface area contributed by atoms with E-state index in [1.807, 2.05) is 0 Å². The quantitative estimate of drug-likeness (QED) is 0.665. The first-order valence-electron chi connectivity index (χ1n) is 3.45. The first-order valence-corrected chi connectivity index (χ1v) is 3.45. The van der Waals surface area contributed by atoms with Crippen LogP contribution in [-0.2, 0) is 6.54 Å². The monoisotopic (exact) mass is 209 g/mol. The average Bonchev–Trinajstić information content (AvgIpc) is 1.97. The molecule has 1 aromatic heterocycles. The Morgan fingerprint density at radius 3 is 2.50 bits per heavy atom. The average molecular weight is 209 g/mol. The molecule has 0 amide bonds. The van der Waals surface area contributed by atoms with Crippen molar-refractivity contribution in [2.24, 2.45) is 0 Å². The number of rotatable bonds is 1. The maximum atomic E-state index is 11.9. The number of anilines is 1. The van der Waals surface area contributed by atoms with Gasteiger partial charge in [0.2, 0.25) is 0 Å².